The number of benzene rings is 2. The molecule has 1 atom stereocenters. The van der Waals surface area contributed by atoms with Crippen LogP contribution in [0.4, 0.5) is 18.9 Å². The molecule has 0 saturated carbocycles. The lowest BCUT2D eigenvalue weighted by atomic mass is 9.71. The Kier molecular flexibility index (Phi) is 8.41. The molecule has 10 heteroatoms. The summed E-state index contributed by atoms with van der Waals surface area (Å²) in [5, 5.41) is 12.9. The number of likely N-dealkylation sites (tertiary alicyclic amines) is 1. The Morgan fingerprint density at radius 3 is 2.50 bits per heavy atom. The van der Waals surface area contributed by atoms with Gasteiger partial charge >= 0.3 is 6.18 Å². The topological polar surface area (TPSA) is 81.5 Å². The van der Waals surface area contributed by atoms with Crippen LogP contribution in [-0.4, -0.2) is 61.7 Å². The largest absolute Gasteiger partial charge is 0.478 e. The number of hydrogen-bond acceptors (Lipinski definition) is 6. The summed E-state index contributed by atoms with van der Waals surface area (Å²) < 4.78 is 45.5. The molecule has 2 saturated heterocycles. The maximum absolute atomic E-state index is 14.0. The number of piperidine rings is 1. The van der Waals surface area contributed by atoms with Gasteiger partial charge in [0.1, 0.15) is 6.07 Å². The fraction of sp³-hybridized carbons (Fsp3) is 0.406. The average Bonchev–Trinajstić information content (AvgIpc) is 3.41. The molecule has 2 aliphatic rings. The summed E-state index contributed by atoms with van der Waals surface area (Å²) in [6.45, 7) is 4.92. The number of rotatable bonds is 7. The molecule has 5 rings (SSSR count). The quantitative estimate of drug-likeness (QED) is 0.405. The van der Waals surface area contributed by atoms with Gasteiger partial charge in [0, 0.05) is 37.4 Å². The van der Waals surface area contributed by atoms with E-state index in [-0.39, 0.29) is 17.5 Å². The van der Waals surface area contributed by atoms with E-state index in [1.807, 2.05) is 61.3 Å². The van der Waals surface area contributed by atoms with Crippen molar-refractivity contribution in [2.24, 2.45) is 0 Å². The highest BCUT2D eigenvalue weighted by Crippen LogP contribution is 2.40. The number of pyridine rings is 1. The molecule has 2 aliphatic heterocycles. The summed E-state index contributed by atoms with van der Waals surface area (Å²) in [6.07, 6.45) is -1.07. The summed E-state index contributed by atoms with van der Waals surface area (Å²) in [5.74, 6) is 0.503. The lowest BCUT2D eigenvalue weighted by Gasteiger charge is -2.42. The molecule has 3 heterocycles. The van der Waals surface area contributed by atoms with Crippen LogP contribution >= 0.6 is 0 Å². The predicted molar refractivity (Wildman–Crippen MR) is 154 cm³/mol. The van der Waals surface area contributed by atoms with E-state index >= 15 is 0 Å². The van der Waals surface area contributed by atoms with Gasteiger partial charge in [0.15, 0.2) is 0 Å². The number of carbonyl (C=O) groups excluding carboxylic acids is 1. The number of nitriles is 1. The van der Waals surface area contributed by atoms with Crippen LogP contribution in [0.15, 0.2) is 60.8 Å². The van der Waals surface area contributed by atoms with Crippen molar-refractivity contribution in [2.45, 2.75) is 43.8 Å². The number of ether oxygens (including phenoxy) is 1. The van der Waals surface area contributed by atoms with Crippen molar-refractivity contribution in [3.05, 3.63) is 77.5 Å². The standard InChI is InChI=1S/C32H34F3N5O2/c1-3-42-29-27(5-4-15-37-29)22-6-8-24(9-7-22)31(30(41)38-26-12-16-39(2)21-26)13-17-40(18-14-31)28-11-10-25(32(33,34)35)19-23(28)20-36/h4-11,15,19,26H,3,12-14,16-18,21H2,1-2H3,(H,38,41)/t26-/m1/s1. The zero-order valence-corrected chi connectivity index (χ0v) is 23.7. The summed E-state index contributed by atoms with van der Waals surface area (Å²) in [4.78, 5) is 22.5. The molecule has 0 aliphatic carbocycles. The first-order valence-electron chi connectivity index (χ1n) is 14.2. The predicted octanol–water partition coefficient (Wildman–Crippen LogP) is 5.40. The fourth-order valence-corrected chi connectivity index (χ4v) is 6.06. The first-order valence-corrected chi connectivity index (χ1v) is 14.2. The van der Waals surface area contributed by atoms with Crippen molar-refractivity contribution in [3.8, 4) is 23.1 Å². The van der Waals surface area contributed by atoms with Crippen LogP contribution in [0.3, 0.4) is 0 Å². The molecule has 1 aromatic heterocycles. The van der Waals surface area contributed by atoms with E-state index in [9.17, 15) is 23.2 Å². The number of alkyl halides is 3. The van der Waals surface area contributed by atoms with Crippen LogP contribution in [0.2, 0.25) is 0 Å². The minimum atomic E-state index is -4.53. The van der Waals surface area contributed by atoms with Crippen LogP contribution in [0.5, 0.6) is 5.88 Å². The minimum absolute atomic E-state index is 0.0262. The van der Waals surface area contributed by atoms with Gasteiger partial charge in [-0.2, -0.15) is 18.4 Å². The molecule has 1 N–H and O–H groups in total. The van der Waals surface area contributed by atoms with Crippen molar-refractivity contribution in [3.63, 3.8) is 0 Å². The Morgan fingerprint density at radius 1 is 1.14 bits per heavy atom. The van der Waals surface area contributed by atoms with Crippen molar-refractivity contribution in [2.75, 3.05) is 44.7 Å². The van der Waals surface area contributed by atoms with E-state index in [0.717, 1.165) is 48.3 Å². The van der Waals surface area contributed by atoms with Crippen molar-refractivity contribution < 1.29 is 22.7 Å². The smallest absolute Gasteiger partial charge is 0.416 e. The summed E-state index contributed by atoms with van der Waals surface area (Å²) in [5.41, 5.74) is 1.41. The third-order valence-corrected chi connectivity index (χ3v) is 8.36. The highest BCUT2D eigenvalue weighted by Gasteiger charge is 2.44. The lowest BCUT2D eigenvalue weighted by Crippen LogP contribution is -2.54. The first kappa shape index (κ1) is 29.4. The molecule has 0 bridgehead atoms. The highest BCUT2D eigenvalue weighted by atomic mass is 19.4. The monoisotopic (exact) mass is 577 g/mol. The molecule has 2 fully saturated rings. The van der Waals surface area contributed by atoms with Gasteiger partial charge in [-0.05, 0) is 81.2 Å². The van der Waals surface area contributed by atoms with Gasteiger partial charge in [-0.25, -0.2) is 4.98 Å². The Hall–Kier alpha value is -4.10. The van der Waals surface area contributed by atoms with E-state index < -0.39 is 17.2 Å². The molecular formula is C32H34F3N5O2. The number of carbonyl (C=O) groups is 1. The molecule has 220 valence electrons. The van der Waals surface area contributed by atoms with Crippen LogP contribution in [0.1, 0.15) is 42.9 Å². The molecule has 1 amide bonds. The van der Waals surface area contributed by atoms with E-state index in [1.54, 1.807) is 6.20 Å². The summed E-state index contributed by atoms with van der Waals surface area (Å²) >= 11 is 0. The van der Waals surface area contributed by atoms with Gasteiger partial charge in [0.25, 0.3) is 0 Å². The summed E-state index contributed by atoms with van der Waals surface area (Å²) in [6, 6.07) is 17.0. The second-order valence-electron chi connectivity index (χ2n) is 11.0. The fourth-order valence-electron chi connectivity index (χ4n) is 6.06. The lowest BCUT2D eigenvalue weighted by molar-refractivity contribution is -0.137. The zero-order valence-electron chi connectivity index (χ0n) is 23.7. The number of aromatic nitrogens is 1. The average molecular weight is 578 g/mol. The SMILES string of the molecule is CCOc1ncccc1-c1ccc(C2(C(=O)N[C@@H]3CCN(C)C3)CCN(c3ccc(C(F)(F)F)cc3C#N)CC2)cc1. The van der Waals surface area contributed by atoms with E-state index in [0.29, 0.717) is 44.1 Å². The molecule has 7 nitrogen and oxygen atoms in total. The van der Waals surface area contributed by atoms with Crippen LogP contribution < -0.4 is 15.0 Å². The first-order chi connectivity index (χ1) is 20.1. The van der Waals surface area contributed by atoms with Crippen molar-refractivity contribution in [1.29, 1.82) is 5.26 Å². The van der Waals surface area contributed by atoms with Crippen LogP contribution in [-0.2, 0) is 16.4 Å². The van der Waals surface area contributed by atoms with Crippen molar-refractivity contribution in [1.82, 2.24) is 15.2 Å². The molecule has 0 spiro atoms. The third-order valence-electron chi connectivity index (χ3n) is 8.36. The Morgan fingerprint density at radius 2 is 1.88 bits per heavy atom. The number of amides is 1. The van der Waals surface area contributed by atoms with Gasteiger partial charge in [-0.3, -0.25) is 4.79 Å². The number of anilines is 1. The maximum atomic E-state index is 14.0. The molecular weight excluding hydrogens is 543 g/mol. The molecule has 3 aromatic rings. The Balaban J connectivity index is 1.44. The Bertz CT molecular complexity index is 1460. The highest BCUT2D eigenvalue weighted by molar-refractivity contribution is 5.89. The van der Waals surface area contributed by atoms with Crippen molar-refractivity contribution >= 4 is 11.6 Å². The molecule has 0 unspecified atom stereocenters. The van der Waals surface area contributed by atoms with Crippen LogP contribution in [0, 0.1) is 11.3 Å². The third kappa shape index (κ3) is 5.93. The molecule has 2 aromatic carbocycles. The summed E-state index contributed by atoms with van der Waals surface area (Å²) in [7, 11) is 2.03. The van der Waals surface area contributed by atoms with Gasteiger partial charge in [0.2, 0.25) is 11.8 Å². The molecule has 0 radical (unpaired) electrons. The van der Waals surface area contributed by atoms with Crippen LogP contribution in [0.25, 0.3) is 11.1 Å². The second kappa shape index (κ2) is 12.0. The number of likely N-dealkylation sites (N-methyl/N-ethyl adjacent to an activating group) is 1. The number of nitrogens with one attached hydrogen (secondary N) is 1. The maximum Gasteiger partial charge on any atom is 0.416 e. The minimum Gasteiger partial charge on any atom is -0.478 e. The zero-order chi connectivity index (χ0) is 29.9. The molecule has 42 heavy (non-hydrogen) atoms. The Labute approximate surface area is 243 Å². The van der Waals surface area contributed by atoms with Gasteiger partial charge in [-0.1, -0.05) is 24.3 Å². The second-order valence-corrected chi connectivity index (χ2v) is 11.0. The van der Waals surface area contributed by atoms with E-state index in [1.165, 1.54) is 6.07 Å². The van der Waals surface area contributed by atoms with Gasteiger partial charge in [0.05, 0.1) is 28.8 Å². The van der Waals surface area contributed by atoms with Gasteiger partial charge in [-0.15, -0.1) is 0 Å². The van der Waals surface area contributed by atoms with E-state index in [4.69, 9.17) is 4.74 Å². The number of nitrogens with zero attached hydrogens (tertiary/aromatic N) is 4. The number of halogens is 3. The van der Waals surface area contributed by atoms with E-state index in [2.05, 4.69) is 15.2 Å². The van der Waals surface area contributed by atoms with Gasteiger partial charge < -0.3 is 19.9 Å². The normalized spacial score (nSPS) is 18.9. The number of hydrogen-bond donors (Lipinski definition) is 1.